The second-order valence-electron chi connectivity index (χ2n) is 2.85. The first kappa shape index (κ1) is 16.6. The molecule has 0 atom stereocenters. The summed E-state index contributed by atoms with van der Waals surface area (Å²) < 4.78 is 14.6. The van der Waals surface area contributed by atoms with Gasteiger partial charge in [-0.05, 0) is 0 Å². The molecule has 0 aliphatic carbocycles. The van der Waals surface area contributed by atoms with E-state index in [4.69, 9.17) is 19.3 Å². The lowest BCUT2D eigenvalue weighted by Gasteiger charge is -2.17. The number of carbonyl (C=O) groups excluding carboxylic acids is 2. The maximum atomic E-state index is 11.0. The van der Waals surface area contributed by atoms with Crippen molar-refractivity contribution in [1.29, 1.82) is 0 Å². The quantitative estimate of drug-likeness (QED) is 0.232. The van der Waals surface area contributed by atoms with E-state index in [1.165, 1.54) is 0 Å². The molecule has 0 rings (SSSR count). The molecule has 0 bridgehead atoms. The van der Waals surface area contributed by atoms with Gasteiger partial charge in [0.05, 0.1) is 31.3 Å². The highest BCUT2D eigenvalue weighted by atomic mass is 32.1. The number of aliphatic hydroxyl groups is 1. The van der Waals surface area contributed by atoms with Crippen molar-refractivity contribution in [2.24, 2.45) is 0 Å². The van der Waals surface area contributed by atoms with E-state index in [-0.39, 0.29) is 37.7 Å². The second kappa shape index (κ2) is 10.7. The monoisotopic (exact) mass is 284 g/mol. The molecular formula is C9H16O6S2. The van der Waals surface area contributed by atoms with Gasteiger partial charge in [-0.1, -0.05) is 0 Å². The average molecular weight is 284 g/mol. The zero-order valence-corrected chi connectivity index (χ0v) is 11.0. The second-order valence-corrected chi connectivity index (χ2v) is 3.48. The number of hydrogen-bond acceptors (Lipinski definition) is 8. The van der Waals surface area contributed by atoms with E-state index < -0.39 is 18.2 Å². The molecule has 6 nitrogen and oxygen atoms in total. The Labute approximate surface area is 110 Å². The molecule has 0 aliphatic heterocycles. The third-order valence-corrected chi connectivity index (χ3v) is 2.03. The van der Waals surface area contributed by atoms with Crippen molar-refractivity contribution >= 4 is 37.2 Å². The van der Waals surface area contributed by atoms with Crippen molar-refractivity contribution in [3.63, 3.8) is 0 Å². The molecule has 0 aliphatic rings. The summed E-state index contributed by atoms with van der Waals surface area (Å²) in [5.41, 5.74) is 0. The van der Waals surface area contributed by atoms with E-state index in [2.05, 4.69) is 25.3 Å². The van der Waals surface area contributed by atoms with E-state index in [1.807, 2.05) is 0 Å². The summed E-state index contributed by atoms with van der Waals surface area (Å²) in [6.45, 7) is 0.274. The standard InChI is InChI=1S/C9H16O6S2/c10-2-4-13-3-1-9(14-7(11)5-16)15-8(12)6-17/h9-10,16-17H,1-6H2. The fourth-order valence-electron chi connectivity index (χ4n) is 0.856. The smallest absolute Gasteiger partial charge is 0.318 e. The SMILES string of the molecule is O=C(CS)OC(CCOCCO)OC(=O)CS. The predicted octanol–water partition coefficient (Wildman–Crippen LogP) is -0.343. The van der Waals surface area contributed by atoms with Gasteiger partial charge >= 0.3 is 11.9 Å². The molecule has 17 heavy (non-hydrogen) atoms. The first-order chi connectivity index (χ1) is 8.13. The van der Waals surface area contributed by atoms with Crippen LogP contribution in [0.5, 0.6) is 0 Å². The van der Waals surface area contributed by atoms with Crippen LogP contribution < -0.4 is 0 Å². The van der Waals surface area contributed by atoms with Gasteiger partial charge < -0.3 is 19.3 Å². The Balaban J connectivity index is 4.01. The molecule has 0 radical (unpaired) electrons. The average Bonchev–Trinajstić information content (AvgIpc) is 2.33. The van der Waals surface area contributed by atoms with Gasteiger partial charge in [-0.2, -0.15) is 25.3 Å². The largest absolute Gasteiger partial charge is 0.424 e. The molecule has 0 saturated carbocycles. The minimum atomic E-state index is -1.01. The molecule has 0 spiro atoms. The van der Waals surface area contributed by atoms with Gasteiger partial charge in [-0.25, -0.2) is 0 Å². The van der Waals surface area contributed by atoms with Crippen molar-refractivity contribution < 1.29 is 28.9 Å². The molecule has 0 aromatic heterocycles. The summed E-state index contributed by atoms with van der Waals surface area (Å²) in [5.74, 6) is -1.39. The minimum absolute atomic E-state index is 0.0997. The molecule has 1 N–H and O–H groups in total. The Morgan fingerprint density at radius 1 is 1.06 bits per heavy atom. The van der Waals surface area contributed by atoms with Gasteiger partial charge in [0.1, 0.15) is 0 Å². The van der Waals surface area contributed by atoms with Crippen LogP contribution in [-0.4, -0.2) is 54.7 Å². The predicted molar refractivity (Wildman–Crippen MR) is 66.2 cm³/mol. The fraction of sp³-hybridized carbons (Fsp3) is 0.778. The summed E-state index contributed by atoms with van der Waals surface area (Å²) in [6.07, 6.45) is -0.813. The van der Waals surface area contributed by atoms with Gasteiger partial charge in [-0.15, -0.1) is 0 Å². The number of thiol groups is 2. The van der Waals surface area contributed by atoms with Gasteiger partial charge in [-0.3, -0.25) is 9.59 Å². The van der Waals surface area contributed by atoms with Crippen molar-refractivity contribution in [2.75, 3.05) is 31.3 Å². The van der Waals surface area contributed by atoms with Gasteiger partial charge in [0, 0.05) is 6.42 Å². The number of ether oxygens (including phenoxy) is 3. The van der Waals surface area contributed by atoms with E-state index in [9.17, 15) is 9.59 Å². The Hall–Kier alpha value is -0.440. The van der Waals surface area contributed by atoms with Crippen LogP contribution >= 0.6 is 25.3 Å². The third-order valence-electron chi connectivity index (χ3n) is 1.52. The fourth-order valence-corrected chi connectivity index (χ4v) is 1.00. The van der Waals surface area contributed by atoms with Crippen LogP contribution in [0.1, 0.15) is 6.42 Å². The Bertz CT molecular complexity index is 218. The van der Waals surface area contributed by atoms with Crippen LogP contribution in [0, 0.1) is 0 Å². The van der Waals surface area contributed by atoms with E-state index in [1.54, 1.807) is 0 Å². The molecule has 0 saturated heterocycles. The summed E-state index contributed by atoms with van der Waals surface area (Å²) >= 11 is 7.47. The van der Waals surface area contributed by atoms with Gasteiger partial charge in [0.15, 0.2) is 0 Å². The van der Waals surface area contributed by atoms with Crippen LogP contribution in [-0.2, 0) is 23.8 Å². The molecule has 0 aromatic rings. The van der Waals surface area contributed by atoms with Gasteiger partial charge in [0.2, 0.25) is 6.29 Å². The molecule has 0 amide bonds. The summed E-state index contributed by atoms with van der Waals surface area (Å²) in [4.78, 5) is 22.0. The highest BCUT2D eigenvalue weighted by Crippen LogP contribution is 2.04. The van der Waals surface area contributed by atoms with Crippen molar-refractivity contribution in [3.05, 3.63) is 0 Å². The number of hydrogen-bond donors (Lipinski definition) is 3. The Kier molecular flexibility index (Phi) is 10.4. The van der Waals surface area contributed by atoms with Crippen molar-refractivity contribution in [1.82, 2.24) is 0 Å². The van der Waals surface area contributed by atoms with E-state index in [0.29, 0.717) is 0 Å². The van der Waals surface area contributed by atoms with Crippen LogP contribution in [0.25, 0.3) is 0 Å². The molecule has 0 fully saturated rings. The maximum Gasteiger partial charge on any atom is 0.318 e. The Morgan fingerprint density at radius 3 is 2.00 bits per heavy atom. The first-order valence-corrected chi connectivity index (χ1v) is 6.19. The number of rotatable bonds is 9. The maximum absolute atomic E-state index is 11.0. The lowest BCUT2D eigenvalue weighted by Crippen LogP contribution is -2.27. The summed E-state index contributed by atoms with van der Waals surface area (Å²) in [7, 11) is 0. The van der Waals surface area contributed by atoms with E-state index in [0.717, 1.165) is 0 Å². The number of carbonyl (C=O) groups is 2. The molecule has 0 heterocycles. The zero-order chi connectivity index (χ0) is 13.1. The lowest BCUT2D eigenvalue weighted by molar-refractivity contribution is -0.186. The molecule has 0 unspecified atom stereocenters. The normalized spacial score (nSPS) is 10.4. The molecule has 0 aromatic carbocycles. The van der Waals surface area contributed by atoms with Crippen molar-refractivity contribution in [2.45, 2.75) is 12.7 Å². The third kappa shape index (κ3) is 9.28. The topological polar surface area (TPSA) is 82.1 Å². The minimum Gasteiger partial charge on any atom is -0.424 e. The van der Waals surface area contributed by atoms with Crippen molar-refractivity contribution in [3.8, 4) is 0 Å². The van der Waals surface area contributed by atoms with Crippen LogP contribution in [0.2, 0.25) is 0 Å². The lowest BCUT2D eigenvalue weighted by atomic mass is 10.4. The van der Waals surface area contributed by atoms with Crippen LogP contribution in [0.4, 0.5) is 0 Å². The van der Waals surface area contributed by atoms with Gasteiger partial charge in [0.25, 0.3) is 0 Å². The molecule has 8 heteroatoms. The molecular weight excluding hydrogens is 268 g/mol. The van der Waals surface area contributed by atoms with E-state index >= 15 is 0 Å². The number of esters is 2. The Morgan fingerprint density at radius 2 is 1.59 bits per heavy atom. The summed E-state index contributed by atoms with van der Waals surface area (Å²) in [5, 5.41) is 8.48. The zero-order valence-electron chi connectivity index (χ0n) is 9.20. The van der Waals surface area contributed by atoms with Crippen LogP contribution in [0.3, 0.4) is 0 Å². The highest BCUT2D eigenvalue weighted by molar-refractivity contribution is 7.81. The van der Waals surface area contributed by atoms with Crippen LogP contribution in [0.15, 0.2) is 0 Å². The highest BCUT2D eigenvalue weighted by Gasteiger charge is 2.17. The summed E-state index contributed by atoms with van der Waals surface area (Å²) in [6, 6.07) is 0. The number of aliphatic hydroxyl groups excluding tert-OH is 1. The first-order valence-electron chi connectivity index (χ1n) is 4.93. The molecule has 100 valence electrons.